The molecule has 0 saturated heterocycles. The molecule has 0 aliphatic carbocycles. The lowest BCUT2D eigenvalue weighted by Crippen LogP contribution is -2.49. The van der Waals surface area contributed by atoms with E-state index in [1.165, 1.54) is 0 Å². The van der Waals surface area contributed by atoms with Gasteiger partial charge in [0.2, 0.25) is 0 Å². The largest absolute Gasteiger partial charge is 0.319 e. The Kier molecular flexibility index (Phi) is 5.23. The summed E-state index contributed by atoms with van der Waals surface area (Å²) in [6.07, 6.45) is 3.50. The standard InChI is InChI=1S/C11H23NO/c1-5-8-9(4)10(13)11(12,6-2)7-3/h9H,5-8,12H2,1-4H3. The van der Waals surface area contributed by atoms with Crippen molar-refractivity contribution in [2.24, 2.45) is 11.7 Å². The van der Waals surface area contributed by atoms with Crippen molar-refractivity contribution in [3.63, 3.8) is 0 Å². The highest BCUT2D eigenvalue weighted by Crippen LogP contribution is 2.20. The van der Waals surface area contributed by atoms with Crippen LogP contribution in [0.25, 0.3) is 0 Å². The number of ketones is 1. The van der Waals surface area contributed by atoms with E-state index < -0.39 is 5.54 Å². The number of hydrogen-bond acceptors (Lipinski definition) is 2. The van der Waals surface area contributed by atoms with Crippen molar-refractivity contribution < 1.29 is 4.79 Å². The second-order valence-corrected chi connectivity index (χ2v) is 3.92. The molecule has 1 unspecified atom stereocenters. The topological polar surface area (TPSA) is 43.1 Å². The molecule has 0 saturated carbocycles. The Bertz CT molecular complexity index is 161. The molecule has 0 rings (SSSR count). The Morgan fingerprint density at radius 3 is 2.08 bits per heavy atom. The van der Waals surface area contributed by atoms with Gasteiger partial charge in [0.25, 0.3) is 0 Å². The number of nitrogens with two attached hydrogens (primary N) is 1. The van der Waals surface area contributed by atoms with Crippen LogP contribution in [0, 0.1) is 5.92 Å². The van der Waals surface area contributed by atoms with Crippen LogP contribution in [0.3, 0.4) is 0 Å². The van der Waals surface area contributed by atoms with Crippen LogP contribution in [0.5, 0.6) is 0 Å². The highest BCUT2D eigenvalue weighted by atomic mass is 16.1. The first-order chi connectivity index (χ1) is 6.01. The first-order valence-corrected chi connectivity index (χ1v) is 5.35. The van der Waals surface area contributed by atoms with E-state index in [9.17, 15) is 4.79 Å². The van der Waals surface area contributed by atoms with E-state index >= 15 is 0 Å². The van der Waals surface area contributed by atoms with Gasteiger partial charge in [0.05, 0.1) is 5.54 Å². The van der Waals surface area contributed by atoms with E-state index in [1.54, 1.807) is 0 Å². The van der Waals surface area contributed by atoms with Gasteiger partial charge in [0.1, 0.15) is 0 Å². The fourth-order valence-corrected chi connectivity index (χ4v) is 1.65. The number of hydrogen-bond donors (Lipinski definition) is 1. The summed E-state index contributed by atoms with van der Waals surface area (Å²) in [5.41, 5.74) is 5.45. The molecule has 0 amide bonds. The van der Waals surface area contributed by atoms with Crippen LogP contribution in [0.2, 0.25) is 0 Å². The quantitative estimate of drug-likeness (QED) is 0.691. The van der Waals surface area contributed by atoms with Crippen LogP contribution in [0.15, 0.2) is 0 Å². The zero-order chi connectivity index (χ0) is 10.5. The first kappa shape index (κ1) is 12.6. The second-order valence-electron chi connectivity index (χ2n) is 3.92. The zero-order valence-electron chi connectivity index (χ0n) is 9.39. The van der Waals surface area contributed by atoms with Gasteiger partial charge in [-0.15, -0.1) is 0 Å². The molecule has 0 aromatic carbocycles. The lowest BCUT2D eigenvalue weighted by Gasteiger charge is -2.28. The molecule has 2 heteroatoms. The van der Waals surface area contributed by atoms with Gasteiger partial charge >= 0.3 is 0 Å². The summed E-state index contributed by atoms with van der Waals surface area (Å²) < 4.78 is 0. The molecule has 0 radical (unpaired) electrons. The Morgan fingerprint density at radius 1 is 1.31 bits per heavy atom. The highest BCUT2D eigenvalue weighted by molar-refractivity contribution is 5.89. The predicted molar refractivity (Wildman–Crippen MR) is 56.6 cm³/mol. The summed E-state index contributed by atoms with van der Waals surface area (Å²) >= 11 is 0. The van der Waals surface area contributed by atoms with E-state index in [1.807, 2.05) is 20.8 Å². The third kappa shape index (κ3) is 3.11. The maximum absolute atomic E-state index is 11.9. The Labute approximate surface area is 81.9 Å². The zero-order valence-corrected chi connectivity index (χ0v) is 9.39. The molecule has 13 heavy (non-hydrogen) atoms. The van der Waals surface area contributed by atoms with Gasteiger partial charge in [-0.05, 0) is 19.3 Å². The molecule has 2 nitrogen and oxygen atoms in total. The van der Waals surface area contributed by atoms with Crippen LogP contribution >= 0.6 is 0 Å². The van der Waals surface area contributed by atoms with Gasteiger partial charge in [0, 0.05) is 5.92 Å². The minimum Gasteiger partial charge on any atom is -0.319 e. The molecule has 0 fully saturated rings. The maximum Gasteiger partial charge on any atom is 0.155 e. The maximum atomic E-state index is 11.9. The van der Waals surface area contributed by atoms with Crippen molar-refractivity contribution in [3.05, 3.63) is 0 Å². The molecule has 0 spiro atoms. The highest BCUT2D eigenvalue weighted by Gasteiger charge is 2.32. The van der Waals surface area contributed by atoms with Crippen LogP contribution in [-0.2, 0) is 4.79 Å². The summed E-state index contributed by atoms with van der Waals surface area (Å²) in [5.74, 6) is 0.356. The molecule has 0 aliphatic heterocycles. The van der Waals surface area contributed by atoms with Crippen molar-refractivity contribution in [1.82, 2.24) is 0 Å². The first-order valence-electron chi connectivity index (χ1n) is 5.35. The number of Topliss-reactive ketones (excluding diaryl/α,β-unsaturated/α-hetero) is 1. The number of carbonyl (C=O) groups is 1. The van der Waals surface area contributed by atoms with Crippen LogP contribution < -0.4 is 5.73 Å². The fourth-order valence-electron chi connectivity index (χ4n) is 1.65. The van der Waals surface area contributed by atoms with Crippen molar-refractivity contribution in [2.45, 2.75) is 58.9 Å². The predicted octanol–water partition coefficient (Wildman–Crippen LogP) is 2.51. The lowest BCUT2D eigenvalue weighted by molar-refractivity contribution is -0.128. The summed E-state index contributed by atoms with van der Waals surface area (Å²) in [6, 6.07) is 0. The molecule has 1 atom stereocenters. The Morgan fingerprint density at radius 2 is 1.77 bits per heavy atom. The smallest absolute Gasteiger partial charge is 0.155 e. The van der Waals surface area contributed by atoms with Crippen molar-refractivity contribution in [3.8, 4) is 0 Å². The van der Waals surface area contributed by atoms with E-state index in [0.717, 1.165) is 25.7 Å². The van der Waals surface area contributed by atoms with Crippen molar-refractivity contribution in [1.29, 1.82) is 0 Å². The molecule has 0 aromatic heterocycles. The van der Waals surface area contributed by atoms with Crippen LogP contribution in [-0.4, -0.2) is 11.3 Å². The van der Waals surface area contributed by atoms with E-state index in [-0.39, 0.29) is 11.7 Å². The monoisotopic (exact) mass is 185 g/mol. The molecule has 2 N–H and O–H groups in total. The third-order valence-electron chi connectivity index (χ3n) is 2.92. The summed E-state index contributed by atoms with van der Waals surface area (Å²) in [6.45, 7) is 8.05. The molecule has 0 aliphatic rings. The SMILES string of the molecule is CCCC(C)C(=O)C(N)(CC)CC. The third-order valence-corrected chi connectivity index (χ3v) is 2.92. The van der Waals surface area contributed by atoms with Gasteiger partial charge in [-0.25, -0.2) is 0 Å². The average Bonchev–Trinajstić information content (AvgIpc) is 2.16. The van der Waals surface area contributed by atoms with E-state index in [0.29, 0.717) is 0 Å². The number of carbonyl (C=O) groups excluding carboxylic acids is 1. The molecule has 0 heterocycles. The van der Waals surface area contributed by atoms with Crippen LogP contribution in [0.4, 0.5) is 0 Å². The Hall–Kier alpha value is -0.370. The van der Waals surface area contributed by atoms with E-state index in [4.69, 9.17) is 5.73 Å². The fraction of sp³-hybridized carbons (Fsp3) is 0.909. The molecule has 78 valence electrons. The number of rotatable bonds is 6. The molecule has 0 aromatic rings. The normalized spacial score (nSPS) is 14.2. The minimum absolute atomic E-state index is 0.120. The van der Waals surface area contributed by atoms with Gasteiger partial charge in [-0.2, -0.15) is 0 Å². The summed E-state index contributed by atoms with van der Waals surface area (Å²) in [5, 5.41) is 0. The average molecular weight is 185 g/mol. The van der Waals surface area contributed by atoms with Gasteiger partial charge < -0.3 is 5.73 Å². The van der Waals surface area contributed by atoms with Gasteiger partial charge in [0.15, 0.2) is 5.78 Å². The van der Waals surface area contributed by atoms with Gasteiger partial charge in [-0.3, -0.25) is 4.79 Å². The second kappa shape index (κ2) is 5.38. The van der Waals surface area contributed by atoms with Crippen LogP contribution in [0.1, 0.15) is 53.4 Å². The minimum atomic E-state index is -0.575. The molecular weight excluding hydrogens is 162 g/mol. The van der Waals surface area contributed by atoms with Gasteiger partial charge in [-0.1, -0.05) is 34.1 Å². The van der Waals surface area contributed by atoms with E-state index in [2.05, 4.69) is 6.92 Å². The lowest BCUT2D eigenvalue weighted by atomic mass is 9.81. The molecular formula is C11H23NO. The summed E-state index contributed by atoms with van der Waals surface area (Å²) in [4.78, 5) is 11.9. The summed E-state index contributed by atoms with van der Waals surface area (Å²) in [7, 11) is 0. The van der Waals surface area contributed by atoms with Crippen molar-refractivity contribution in [2.75, 3.05) is 0 Å². The molecule has 0 bridgehead atoms. The van der Waals surface area contributed by atoms with Crippen molar-refractivity contribution >= 4 is 5.78 Å². The Balaban J connectivity index is 4.37.